The molecular weight excluding hydrogens is 383 g/mol. The summed E-state index contributed by atoms with van der Waals surface area (Å²) < 4.78 is 11.0. The summed E-state index contributed by atoms with van der Waals surface area (Å²) in [5, 5.41) is 3.91. The number of pyridine rings is 1. The van der Waals surface area contributed by atoms with E-state index in [1.165, 1.54) is 5.56 Å². The predicted octanol–water partition coefficient (Wildman–Crippen LogP) is 5.14. The van der Waals surface area contributed by atoms with Crippen LogP contribution in [0.5, 0.6) is 5.75 Å². The van der Waals surface area contributed by atoms with Crippen LogP contribution in [-0.4, -0.2) is 12.1 Å². The van der Waals surface area contributed by atoms with Gasteiger partial charge >= 0.3 is 0 Å². The fourth-order valence-electron chi connectivity index (χ4n) is 2.28. The molecular formula is C18H19Cl3N2O2. The molecule has 0 saturated heterocycles. The minimum atomic E-state index is 0. The monoisotopic (exact) mass is 400 g/mol. The molecule has 134 valence electrons. The summed E-state index contributed by atoms with van der Waals surface area (Å²) in [6.45, 7) is 1.43. The van der Waals surface area contributed by atoms with E-state index in [9.17, 15) is 0 Å². The van der Waals surface area contributed by atoms with Crippen LogP contribution in [0.3, 0.4) is 0 Å². The van der Waals surface area contributed by atoms with Crippen LogP contribution in [0.25, 0.3) is 11.3 Å². The molecule has 2 aromatic heterocycles. The SMILES string of the molecule is COc1ccc(-c2ccc(CNCc3ccncc3)o2)cc1Cl.Cl.Cl. The Labute approximate surface area is 164 Å². The number of halogens is 3. The number of hydrogen-bond donors (Lipinski definition) is 1. The van der Waals surface area contributed by atoms with E-state index in [0.29, 0.717) is 17.3 Å². The van der Waals surface area contributed by atoms with Crippen molar-refractivity contribution in [3.8, 4) is 17.1 Å². The summed E-state index contributed by atoms with van der Waals surface area (Å²) in [7, 11) is 1.60. The second-order valence-electron chi connectivity index (χ2n) is 5.07. The first-order valence-electron chi connectivity index (χ1n) is 7.28. The molecule has 25 heavy (non-hydrogen) atoms. The van der Waals surface area contributed by atoms with Gasteiger partial charge in [0, 0.05) is 24.5 Å². The molecule has 0 aliphatic heterocycles. The molecule has 0 fully saturated rings. The van der Waals surface area contributed by atoms with E-state index in [1.807, 2.05) is 42.5 Å². The van der Waals surface area contributed by atoms with Gasteiger partial charge in [0.25, 0.3) is 0 Å². The number of benzene rings is 1. The van der Waals surface area contributed by atoms with Gasteiger partial charge in [0.2, 0.25) is 0 Å². The van der Waals surface area contributed by atoms with Gasteiger partial charge in [-0.1, -0.05) is 11.6 Å². The molecule has 0 saturated carbocycles. The maximum atomic E-state index is 6.15. The average molecular weight is 402 g/mol. The molecule has 0 unspecified atom stereocenters. The van der Waals surface area contributed by atoms with Crippen molar-refractivity contribution in [2.24, 2.45) is 0 Å². The molecule has 7 heteroatoms. The molecule has 1 aromatic carbocycles. The van der Waals surface area contributed by atoms with E-state index in [4.69, 9.17) is 20.8 Å². The number of ether oxygens (including phenoxy) is 1. The molecule has 2 heterocycles. The Balaban J connectivity index is 0.00000156. The molecule has 0 atom stereocenters. The van der Waals surface area contributed by atoms with E-state index in [1.54, 1.807) is 19.5 Å². The Kier molecular flexibility index (Phi) is 8.79. The number of aromatic nitrogens is 1. The van der Waals surface area contributed by atoms with Gasteiger partial charge in [-0.2, -0.15) is 0 Å². The zero-order chi connectivity index (χ0) is 16.1. The second kappa shape index (κ2) is 10.3. The summed E-state index contributed by atoms with van der Waals surface area (Å²) in [6.07, 6.45) is 3.57. The van der Waals surface area contributed by atoms with E-state index >= 15 is 0 Å². The van der Waals surface area contributed by atoms with Crippen LogP contribution in [0.2, 0.25) is 5.02 Å². The molecule has 0 bridgehead atoms. The third-order valence-corrected chi connectivity index (χ3v) is 3.77. The second-order valence-corrected chi connectivity index (χ2v) is 5.48. The van der Waals surface area contributed by atoms with E-state index < -0.39 is 0 Å². The third kappa shape index (κ3) is 5.65. The number of hydrogen-bond acceptors (Lipinski definition) is 4. The standard InChI is InChI=1S/C18H17ClN2O2.2ClH/c1-22-18-4-2-14(10-16(18)19)17-5-3-15(23-17)12-21-11-13-6-8-20-9-7-13;;/h2-10,21H,11-12H2,1H3;2*1H. The third-order valence-electron chi connectivity index (χ3n) is 3.48. The maximum Gasteiger partial charge on any atom is 0.137 e. The molecule has 0 radical (unpaired) electrons. The van der Waals surface area contributed by atoms with Gasteiger partial charge in [-0.3, -0.25) is 4.98 Å². The Morgan fingerprint density at radius 3 is 2.48 bits per heavy atom. The van der Waals surface area contributed by atoms with Crippen molar-refractivity contribution in [2.75, 3.05) is 7.11 Å². The quantitative estimate of drug-likeness (QED) is 0.621. The van der Waals surface area contributed by atoms with Gasteiger partial charge in [-0.15, -0.1) is 24.8 Å². The minimum absolute atomic E-state index is 0. The van der Waals surface area contributed by atoms with Gasteiger partial charge in [-0.25, -0.2) is 0 Å². The molecule has 0 aliphatic carbocycles. The van der Waals surface area contributed by atoms with Gasteiger partial charge in [0.05, 0.1) is 18.7 Å². The van der Waals surface area contributed by atoms with Crippen molar-refractivity contribution in [1.29, 1.82) is 0 Å². The van der Waals surface area contributed by atoms with Crippen LogP contribution in [0, 0.1) is 0 Å². The number of methoxy groups -OCH3 is 1. The van der Waals surface area contributed by atoms with Gasteiger partial charge in [-0.05, 0) is 48.0 Å². The maximum absolute atomic E-state index is 6.15. The van der Waals surface area contributed by atoms with Crippen molar-refractivity contribution in [3.63, 3.8) is 0 Å². The largest absolute Gasteiger partial charge is 0.495 e. The lowest BCUT2D eigenvalue weighted by Gasteiger charge is -2.05. The summed E-state index contributed by atoms with van der Waals surface area (Å²) >= 11 is 6.15. The van der Waals surface area contributed by atoms with Gasteiger partial charge in [0.15, 0.2) is 0 Å². The van der Waals surface area contributed by atoms with E-state index in [-0.39, 0.29) is 24.8 Å². The lowest BCUT2D eigenvalue weighted by atomic mass is 10.2. The highest BCUT2D eigenvalue weighted by atomic mass is 35.5. The van der Waals surface area contributed by atoms with Gasteiger partial charge < -0.3 is 14.5 Å². The number of furan rings is 1. The van der Waals surface area contributed by atoms with Crippen molar-refractivity contribution in [2.45, 2.75) is 13.1 Å². The summed E-state index contributed by atoms with van der Waals surface area (Å²) in [5.74, 6) is 2.32. The summed E-state index contributed by atoms with van der Waals surface area (Å²) in [5.41, 5.74) is 2.12. The minimum Gasteiger partial charge on any atom is -0.495 e. The highest BCUT2D eigenvalue weighted by molar-refractivity contribution is 6.32. The molecule has 1 N–H and O–H groups in total. The van der Waals surface area contributed by atoms with Crippen LogP contribution in [0.4, 0.5) is 0 Å². The van der Waals surface area contributed by atoms with Crippen molar-refractivity contribution in [1.82, 2.24) is 10.3 Å². The van der Waals surface area contributed by atoms with Gasteiger partial charge in [0.1, 0.15) is 17.3 Å². The number of rotatable bonds is 6. The fraction of sp³-hybridized carbons (Fsp3) is 0.167. The van der Waals surface area contributed by atoms with Crippen LogP contribution in [-0.2, 0) is 13.1 Å². The van der Waals surface area contributed by atoms with Crippen molar-refractivity contribution >= 4 is 36.4 Å². The van der Waals surface area contributed by atoms with E-state index in [2.05, 4.69) is 10.3 Å². The zero-order valence-electron chi connectivity index (χ0n) is 13.6. The molecule has 3 rings (SSSR count). The fourth-order valence-corrected chi connectivity index (χ4v) is 2.54. The number of nitrogens with one attached hydrogen (secondary N) is 1. The lowest BCUT2D eigenvalue weighted by molar-refractivity contribution is 0.415. The predicted molar refractivity (Wildman–Crippen MR) is 105 cm³/mol. The zero-order valence-corrected chi connectivity index (χ0v) is 16.0. The average Bonchev–Trinajstić information content (AvgIpc) is 3.05. The van der Waals surface area contributed by atoms with Crippen molar-refractivity contribution in [3.05, 3.63) is 71.2 Å². The molecule has 0 spiro atoms. The highest BCUT2D eigenvalue weighted by Crippen LogP contribution is 2.31. The summed E-state index contributed by atoms with van der Waals surface area (Å²) in [4.78, 5) is 4.00. The Morgan fingerprint density at radius 1 is 1.04 bits per heavy atom. The highest BCUT2D eigenvalue weighted by Gasteiger charge is 2.08. The molecule has 0 amide bonds. The summed E-state index contributed by atoms with van der Waals surface area (Å²) in [6, 6.07) is 13.5. The van der Waals surface area contributed by atoms with Crippen LogP contribution in [0.15, 0.2) is 59.3 Å². The normalized spacial score (nSPS) is 9.84. The lowest BCUT2D eigenvalue weighted by Crippen LogP contribution is -2.11. The first kappa shape index (κ1) is 21.3. The molecule has 0 aliphatic rings. The van der Waals surface area contributed by atoms with Crippen LogP contribution >= 0.6 is 36.4 Å². The van der Waals surface area contributed by atoms with Crippen LogP contribution < -0.4 is 10.1 Å². The Hall–Kier alpha value is -1.72. The number of nitrogens with zero attached hydrogens (tertiary/aromatic N) is 1. The Morgan fingerprint density at radius 2 is 1.80 bits per heavy atom. The van der Waals surface area contributed by atoms with Crippen LogP contribution in [0.1, 0.15) is 11.3 Å². The molecule has 4 nitrogen and oxygen atoms in total. The Bertz CT molecular complexity index is 779. The first-order chi connectivity index (χ1) is 11.3. The molecule has 3 aromatic rings. The van der Waals surface area contributed by atoms with E-state index in [0.717, 1.165) is 23.6 Å². The smallest absolute Gasteiger partial charge is 0.137 e. The topological polar surface area (TPSA) is 47.3 Å². The first-order valence-corrected chi connectivity index (χ1v) is 7.66. The van der Waals surface area contributed by atoms with Crippen molar-refractivity contribution < 1.29 is 9.15 Å².